The van der Waals surface area contributed by atoms with Crippen molar-refractivity contribution in [3.05, 3.63) is 17.7 Å². The molecule has 0 radical (unpaired) electrons. The van der Waals surface area contributed by atoms with Gasteiger partial charge in [0.1, 0.15) is 22.8 Å². The zero-order valence-electron chi connectivity index (χ0n) is 8.00. The van der Waals surface area contributed by atoms with Crippen LogP contribution in [0.3, 0.4) is 0 Å². The molecule has 0 saturated carbocycles. The van der Waals surface area contributed by atoms with E-state index in [1.54, 1.807) is 0 Å². The second kappa shape index (κ2) is 4.57. The SMILES string of the molecule is COc1cc(O)cc(O)c1C(=O)C(Cl)(Cl)Cl. The molecule has 0 aliphatic heterocycles. The molecule has 0 unspecified atom stereocenters. The summed E-state index contributed by atoms with van der Waals surface area (Å²) in [6, 6.07) is 2.08. The third kappa shape index (κ3) is 2.64. The van der Waals surface area contributed by atoms with Crippen molar-refractivity contribution in [3.63, 3.8) is 0 Å². The maximum Gasteiger partial charge on any atom is 0.253 e. The van der Waals surface area contributed by atoms with Gasteiger partial charge in [-0.25, -0.2) is 0 Å². The number of halogens is 3. The minimum Gasteiger partial charge on any atom is -0.508 e. The molecule has 0 aliphatic carbocycles. The molecule has 16 heavy (non-hydrogen) atoms. The number of ketones is 1. The Labute approximate surface area is 106 Å². The summed E-state index contributed by atoms with van der Waals surface area (Å²) in [4.78, 5) is 11.7. The van der Waals surface area contributed by atoms with Gasteiger partial charge in [-0.2, -0.15) is 0 Å². The van der Waals surface area contributed by atoms with Crippen LogP contribution >= 0.6 is 34.8 Å². The first-order valence-corrected chi connectivity index (χ1v) is 5.12. The molecular weight excluding hydrogens is 278 g/mol. The van der Waals surface area contributed by atoms with E-state index in [1.807, 2.05) is 0 Å². The number of ether oxygens (including phenoxy) is 1. The Kier molecular flexibility index (Phi) is 3.78. The van der Waals surface area contributed by atoms with Crippen molar-refractivity contribution in [2.24, 2.45) is 0 Å². The minimum absolute atomic E-state index is 0.0752. The topological polar surface area (TPSA) is 66.8 Å². The van der Waals surface area contributed by atoms with Crippen molar-refractivity contribution in [2.45, 2.75) is 3.79 Å². The Morgan fingerprint density at radius 1 is 1.31 bits per heavy atom. The van der Waals surface area contributed by atoms with Gasteiger partial charge >= 0.3 is 0 Å². The van der Waals surface area contributed by atoms with Crippen LogP contribution in [0.5, 0.6) is 17.2 Å². The van der Waals surface area contributed by atoms with Gasteiger partial charge in [0.05, 0.1) is 7.11 Å². The summed E-state index contributed by atoms with van der Waals surface area (Å²) in [5.74, 6) is -1.80. The number of hydrogen-bond donors (Lipinski definition) is 2. The number of phenolic OH excluding ortho intramolecular Hbond substituents is 2. The van der Waals surface area contributed by atoms with E-state index in [2.05, 4.69) is 0 Å². The molecule has 0 heterocycles. The van der Waals surface area contributed by atoms with E-state index in [9.17, 15) is 15.0 Å². The van der Waals surface area contributed by atoms with Crippen molar-refractivity contribution in [2.75, 3.05) is 7.11 Å². The van der Waals surface area contributed by atoms with E-state index in [-0.39, 0.29) is 17.1 Å². The van der Waals surface area contributed by atoms with Crippen molar-refractivity contribution in [3.8, 4) is 17.2 Å². The van der Waals surface area contributed by atoms with Crippen molar-refractivity contribution in [1.29, 1.82) is 0 Å². The molecule has 0 fully saturated rings. The van der Waals surface area contributed by atoms with E-state index < -0.39 is 15.3 Å². The molecule has 1 aromatic rings. The van der Waals surface area contributed by atoms with Gasteiger partial charge < -0.3 is 14.9 Å². The van der Waals surface area contributed by atoms with E-state index in [4.69, 9.17) is 39.5 Å². The highest BCUT2D eigenvalue weighted by Gasteiger charge is 2.35. The first-order valence-electron chi connectivity index (χ1n) is 3.99. The van der Waals surface area contributed by atoms with Crippen LogP contribution in [0, 0.1) is 0 Å². The Balaban J connectivity index is 3.38. The zero-order valence-corrected chi connectivity index (χ0v) is 10.3. The Bertz CT molecular complexity index is 425. The van der Waals surface area contributed by atoms with Gasteiger partial charge in [-0.05, 0) is 0 Å². The fraction of sp³-hybridized carbons (Fsp3) is 0.222. The monoisotopic (exact) mass is 284 g/mol. The molecule has 0 amide bonds. The van der Waals surface area contributed by atoms with Crippen LogP contribution in [0.1, 0.15) is 10.4 Å². The summed E-state index contributed by atoms with van der Waals surface area (Å²) >= 11 is 16.2. The molecule has 2 N–H and O–H groups in total. The summed E-state index contributed by atoms with van der Waals surface area (Å²) in [7, 11) is 1.25. The second-order valence-corrected chi connectivity index (χ2v) is 5.15. The van der Waals surface area contributed by atoms with E-state index >= 15 is 0 Å². The Morgan fingerprint density at radius 2 is 1.88 bits per heavy atom. The normalized spacial score (nSPS) is 11.2. The van der Waals surface area contributed by atoms with Gasteiger partial charge in [-0.15, -0.1) is 0 Å². The van der Waals surface area contributed by atoms with Crippen LogP contribution in [0.4, 0.5) is 0 Å². The van der Waals surface area contributed by atoms with Crippen LogP contribution in [-0.4, -0.2) is 26.9 Å². The molecule has 0 spiro atoms. The molecule has 0 aromatic heterocycles. The number of benzene rings is 1. The lowest BCUT2D eigenvalue weighted by molar-refractivity contribution is 0.0990. The van der Waals surface area contributed by atoms with Gasteiger partial charge in [0.2, 0.25) is 5.78 Å². The van der Waals surface area contributed by atoms with E-state index in [1.165, 1.54) is 7.11 Å². The third-order valence-electron chi connectivity index (χ3n) is 1.77. The predicted molar refractivity (Wildman–Crippen MR) is 60.9 cm³/mol. The molecular formula is C9H7Cl3O4. The molecule has 7 heteroatoms. The number of hydrogen-bond acceptors (Lipinski definition) is 4. The molecule has 0 saturated heterocycles. The smallest absolute Gasteiger partial charge is 0.253 e. The molecule has 0 bridgehead atoms. The van der Waals surface area contributed by atoms with Crippen LogP contribution < -0.4 is 4.74 Å². The third-order valence-corrected chi connectivity index (χ3v) is 2.29. The maximum absolute atomic E-state index is 11.7. The average molecular weight is 286 g/mol. The minimum atomic E-state index is -2.21. The van der Waals surface area contributed by atoms with Gasteiger partial charge in [0.15, 0.2) is 0 Å². The second-order valence-electron chi connectivity index (χ2n) is 2.87. The Morgan fingerprint density at radius 3 is 2.31 bits per heavy atom. The van der Waals surface area contributed by atoms with Crippen molar-refractivity contribution in [1.82, 2.24) is 0 Å². The lowest BCUT2D eigenvalue weighted by Crippen LogP contribution is -2.19. The highest BCUT2D eigenvalue weighted by atomic mass is 35.6. The van der Waals surface area contributed by atoms with Crippen LogP contribution in [0.25, 0.3) is 0 Å². The van der Waals surface area contributed by atoms with Crippen LogP contribution in [0.2, 0.25) is 0 Å². The van der Waals surface area contributed by atoms with Gasteiger partial charge in [-0.1, -0.05) is 34.8 Å². The number of carbonyl (C=O) groups excluding carboxylic acids is 1. The van der Waals surface area contributed by atoms with Gasteiger partial charge in [0.25, 0.3) is 3.79 Å². The summed E-state index contributed by atoms with van der Waals surface area (Å²) in [6.45, 7) is 0. The van der Waals surface area contributed by atoms with E-state index in [0.29, 0.717) is 0 Å². The lowest BCUT2D eigenvalue weighted by atomic mass is 10.1. The number of Topliss-reactive ketones (excluding diaryl/α,β-unsaturated/α-hetero) is 1. The standard InChI is InChI=1S/C9H7Cl3O4/c1-16-6-3-4(13)2-5(14)7(6)8(15)9(10,11)12/h2-3,13-14H,1H3. The first kappa shape index (κ1) is 13.2. The molecule has 88 valence electrons. The average Bonchev–Trinajstić information content (AvgIpc) is 2.14. The largest absolute Gasteiger partial charge is 0.508 e. The fourth-order valence-corrected chi connectivity index (χ4v) is 1.40. The lowest BCUT2D eigenvalue weighted by Gasteiger charge is -2.14. The van der Waals surface area contributed by atoms with Crippen molar-refractivity contribution >= 4 is 40.6 Å². The molecule has 0 atom stereocenters. The predicted octanol–water partition coefficient (Wildman–Crippen LogP) is 2.66. The van der Waals surface area contributed by atoms with Crippen LogP contribution in [-0.2, 0) is 0 Å². The molecule has 0 aliphatic rings. The number of carbonyl (C=O) groups is 1. The Hall–Kier alpha value is -0.840. The summed E-state index contributed by atoms with van der Waals surface area (Å²) in [5.41, 5.74) is -0.291. The number of methoxy groups -OCH3 is 1. The van der Waals surface area contributed by atoms with Crippen LogP contribution in [0.15, 0.2) is 12.1 Å². The van der Waals surface area contributed by atoms with Gasteiger partial charge in [0, 0.05) is 12.1 Å². The first-order chi connectivity index (χ1) is 7.27. The quantitative estimate of drug-likeness (QED) is 0.647. The maximum atomic E-state index is 11.7. The zero-order chi connectivity index (χ0) is 12.5. The summed E-state index contributed by atoms with van der Waals surface area (Å²) in [6.07, 6.45) is 0. The fourth-order valence-electron chi connectivity index (χ4n) is 1.12. The molecule has 4 nitrogen and oxygen atoms in total. The van der Waals surface area contributed by atoms with Gasteiger partial charge in [-0.3, -0.25) is 4.79 Å². The number of rotatable bonds is 2. The number of phenols is 2. The van der Waals surface area contributed by atoms with Crippen molar-refractivity contribution < 1.29 is 19.7 Å². The molecule has 1 aromatic carbocycles. The molecule has 1 rings (SSSR count). The number of alkyl halides is 3. The summed E-state index contributed by atoms with van der Waals surface area (Å²) in [5, 5.41) is 18.7. The highest BCUT2D eigenvalue weighted by Crippen LogP contribution is 2.39. The number of aromatic hydroxyl groups is 2. The summed E-state index contributed by atoms with van der Waals surface area (Å²) < 4.78 is 2.60. The van der Waals surface area contributed by atoms with E-state index in [0.717, 1.165) is 12.1 Å². The highest BCUT2D eigenvalue weighted by molar-refractivity contribution is 6.77.